The molecular formula is C20H28N6OS. The van der Waals surface area contributed by atoms with Crippen molar-refractivity contribution in [2.75, 3.05) is 25.5 Å². The number of aryl methyl sites for hydroxylation is 1. The number of guanidine groups is 1. The van der Waals surface area contributed by atoms with Crippen molar-refractivity contribution in [3.05, 3.63) is 45.9 Å². The van der Waals surface area contributed by atoms with Gasteiger partial charge in [-0.25, -0.2) is 9.78 Å². The van der Waals surface area contributed by atoms with Gasteiger partial charge in [0.05, 0.1) is 6.54 Å². The average Bonchev–Trinajstić information content (AvgIpc) is 3.40. The molecule has 3 N–H and O–H groups in total. The Labute approximate surface area is 170 Å². The number of carbonyl (C=O) groups is 1. The van der Waals surface area contributed by atoms with Crippen LogP contribution in [0.2, 0.25) is 0 Å². The number of urea groups is 1. The molecule has 0 radical (unpaired) electrons. The lowest BCUT2D eigenvalue weighted by Crippen LogP contribution is -2.36. The van der Waals surface area contributed by atoms with E-state index < -0.39 is 0 Å². The van der Waals surface area contributed by atoms with Gasteiger partial charge in [-0.05, 0) is 37.0 Å². The number of nitrogens with zero attached hydrogens (tertiary/aromatic N) is 3. The number of likely N-dealkylation sites (tertiary alicyclic amines) is 1. The highest BCUT2D eigenvalue weighted by Gasteiger charge is 2.17. The summed E-state index contributed by atoms with van der Waals surface area (Å²) in [5.74, 6) is 0.722. The first-order valence-corrected chi connectivity index (χ1v) is 10.5. The van der Waals surface area contributed by atoms with Gasteiger partial charge < -0.3 is 20.9 Å². The van der Waals surface area contributed by atoms with Crippen LogP contribution in [-0.2, 0) is 19.5 Å². The molecule has 0 atom stereocenters. The van der Waals surface area contributed by atoms with Crippen LogP contribution in [0.4, 0.5) is 10.5 Å². The first kappa shape index (κ1) is 20.1. The summed E-state index contributed by atoms with van der Waals surface area (Å²) in [6.07, 6.45) is 5.11. The van der Waals surface area contributed by atoms with E-state index in [2.05, 4.69) is 32.9 Å². The van der Waals surface area contributed by atoms with Gasteiger partial charge in [0.15, 0.2) is 5.96 Å². The minimum atomic E-state index is -0.0185. The number of aliphatic imine (C=N–C) groups is 1. The van der Waals surface area contributed by atoms with Gasteiger partial charge in [0.1, 0.15) is 5.01 Å². The molecule has 28 heavy (non-hydrogen) atoms. The molecule has 0 bridgehead atoms. The molecule has 3 rings (SSSR count). The molecule has 150 valence electrons. The maximum absolute atomic E-state index is 12.2. The summed E-state index contributed by atoms with van der Waals surface area (Å²) >= 11 is 1.72. The van der Waals surface area contributed by atoms with Gasteiger partial charge in [-0.3, -0.25) is 4.99 Å². The van der Waals surface area contributed by atoms with Gasteiger partial charge in [0.25, 0.3) is 0 Å². The Balaban J connectivity index is 1.49. The second kappa shape index (κ2) is 10.1. The molecule has 0 unspecified atom stereocenters. The molecule has 7 nitrogen and oxygen atoms in total. The fraction of sp³-hybridized carbons (Fsp3) is 0.450. The predicted molar refractivity (Wildman–Crippen MR) is 115 cm³/mol. The zero-order chi connectivity index (χ0) is 19.8. The Hall–Kier alpha value is -2.61. The molecule has 1 aromatic carbocycles. The van der Waals surface area contributed by atoms with Crippen LogP contribution in [0.3, 0.4) is 0 Å². The SMILES string of the molecule is CCc1cnc(CNC(=NC)NCc2cccc(NC(=O)N3CCCC3)c2)s1. The number of aromatic nitrogens is 1. The zero-order valence-corrected chi connectivity index (χ0v) is 17.3. The van der Waals surface area contributed by atoms with E-state index in [1.807, 2.05) is 35.4 Å². The van der Waals surface area contributed by atoms with Crippen LogP contribution < -0.4 is 16.0 Å². The summed E-state index contributed by atoms with van der Waals surface area (Å²) in [4.78, 5) is 24.1. The molecule has 1 aliphatic heterocycles. The normalized spacial score (nSPS) is 14.2. The average molecular weight is 401 g/mol. The van der Waals surface area contributed by atoms with Crippen molar-refractivity contribution < 1.29 is 4.79 Å². The van der Waals surface area contributed by atoms with E-state index in [9.17, 15) is 4.79 Å². The molecule has 0 saturated carbocycles. The number of amides is 2. The zero-order valence-electron chi connectivity index (χ0n) is 16.5. The highest BCUT2D eigenvalue weighted by atomic mass is 32.1. The minimum Gasteiger partial charge on any atom is -0.352 e. The molecule has 1 fully saturated rings. The van der Waals surface area contributed by atoms with Gasteiger partial charge >= 0.3 is 6.03 Å². The largest absolute Gasteiger partial charge is 0.352 e. The third-order valence-electron chi connectivity index (χ3n) is 4.61. The highest BCUT2D eigenvalue weighted by Crippen LogP contribution is 2.15. The van der Waals surface area contributed by atoms with Crippen molar-refractivity contribution in [3.8, 4) is 0 Å². The standard InChI is InChI=1S/C20H28N6OS/c1-3-17-13-22-18(28-17)14-24-19(21-2)23-12-15-7-6-8-16(11-15)25-20(27)26-9-4-5-10-26/h6-8,11,13H,3-5,9-10,12,14H2,1-2H3,(H,25,27)(H2,21,23,24). The number of nitrogens with one attached hydrogen (secondary N) is 3. The van der Waals surface area contributed by atoms with E-state index in [1.54, 1.807) is 18.4 Å². The third-order valence-corrected chi connectivity index (χ3v) is 5.75. The molecule has 2 heterocycles. The lowest BCUT2D eigenvalue weighted by Gasteiger charge is -2.17. The van der Waals surface area contributed by atoms with Crippen LogP contribution in [-0.4, -0.2) is 42.0 Å². The number of thiazole rings is 1. The van der Waals surface area contributed by atoms with Crippen LogP contribution in [0.1, 0.15) is 35.2 Å². The molecule has 2 amide bonds. The Bertz CT molecular complexity index is 813. The first-order chi connectivity index (χ1) is 13.7. The van der Waals surface area contributed by atoms with Gasteiger partial charge in [-0.1, -0.05) is 19.1 Å². The van der Waals surface area contributed by atoms with Crippen LogP contribution in [0.25, 0.3) is 0 Å². The number of rotatable bonds is 6. The number of anilines is 1. The molecular weight excluding hydrogens is 372 g/mol. The summed E-state index contributed by atoms with van der Waals surface area (Å²) in [6, 6.07) is 7.87. The van der Waals surface area contributed by atoms with Crippen molar-refractivity contribution >= 4 is 29.0 Å². The monoisotopic (exact) mass is 400 g/mol. The van der Waals surface area contributed by atoms with Gasteiger partial charge in [-0.15, -0.1) is 11.3 Å². The highest BCUT2D eigenvalue weighted by molar-refractivity contribution is 7.11. The molecule has 0 aliphatic carbocycles. The number of benzene rings is 1. The second-order valence-corrected chi connectivity index (χ2v) is 7.88. The van der Waals surface area contributed by atoms with Gasteiger partial charge in [0.2, 0.25) is 0 Å². The Morgan fingerprint density at radius 2 is 2.04 bits per heavy atom. The van der Waals surface area contributed by atoms with E-state index in [-0.39, 0.29) is 6.03 Å². The third kappa shape index (κ3) is 5.69. The van der Waals surface area contributed by atoms with Crippen LogP contribution in [0, 0.1) is 0 Å². The summed E-state index contributed by atoms with van der Waals surface area (Å²) in [5, 5.41) is 10.6. The molecule has 8 heteroatoms. The number of carbonyl (C=O) groups excluding carboxylic acids is 1. The van der Waals surface area contributed by atoms with Crippen molar-refractivity contribution in [2.24, 2.45) is 4.99 Å². The van der Waals surface area contributed by atoms with Crippen LogP contribution >= 0.6 is 11.3 Å². The maximum Gasteiger partial charge on any atom is 0.321 e. The number of hydrogen-bond donors (Lipinski definition) is 3. The summed E-state index contributed by atoms with van der Waals surface area (Å²) < 4.78 is 0. The minimum absolute atomic E-state index is 0.0185. The summed E-state index contributed by atoms with van der Waals surface area (Å²) in [7, 11) is 1.75. The van der Waals surface area contributed by atoms with E-state index in [1.165, 1.54) is 4.88 Å². The lowest BCUT2D eigenvalue weighted by molar-refractivity contribution is 0.222. The second-order valence-electron chi connectivity index (χ2n) is 6.68. The fourth-order valence-electron chi connectivity index (χ4n) is 3.04. The Kier molecular flexibility index (Phi) is 7.25. The van der Waals surface area contributed by atoms with Crippen molar-refractivity contribution in [2.45, 2.75) is 39.3 Å². The van der Waals surface area contributed by atoms with E-state index in [0.29, 0.717) is 13.1 Å². The number of hydrogen-bond acceptors (Lipinski definition) is 4. The molecule has 1 saturated heterocycles. The van der Waals surface area contributed by atoms with Crippen LogP contribution in [0.15, 0.2) is 35.5 Å². The molecule has 1 aromatic heterocycles. The van der Waals surface area contributed by atoms with Crippen LogP contribution in [0.5, 0.6) is 0 Å². The summed E-state index contributed by atoms with van der Waals surface area (Å²) in [6.45, 7) is 5.08. The molecule has 1 aliphatic rings. The maximum atomic E-state index is 12.2. The topological polar surface area (TPSA) is 81.6 Å². The van der Waals surface area contributed by atoms with Crippen molar-refractivity contribution in [1.29, 1.82) is 0 Å². The fourth-order valence-corrected chi connectivity index (χ4v) is 3.84. The van der Waals surface area contributed by atoms with E-state index >= 15 is 0 Å². The van der Waals surface area contributed by atoms with Crippen molar-refractivity contribution in [1.82, 2.24) is 20.5 Å². The quantitative estimate of drug-likeness (QED) is 0.514. The molecule has 0 spiro atoms. The van der Waals surface area contributed by atoms with Gasteiger partial charge in [-0.2, -0.15) is 0 Å². The smallest absolute Gasteiger partial charge is 0.321 e. The summed E-state index contributed by atoms with van der Waals surface area (Å²) in [5.41, 5.74) is 1.89. The van der Waals surface area contributed by atoms with E-state index in [4.69, 9.17) is 0 Å². The lowest BCUT2D eigenvalue weighted by atomic mass is 10.2. The first-order valence-electron chi connectivity index (χ1n) is 9.71. The van der Waals surface area contributed by atoms with Gasteiger partial charge in [0, 0.05) is 43.4 Å². The molecule has 2 aromatic rings. The Morgan fingerprint density at radius 1 is 1.25 bits per heavy atom. The van der Waals surface area contributed by atoms with Crippen molar-refractivity contribution in [3.63, 3.8) is 0 Å². The van der Waals surface area contributed by atoms with E-state index in [0.717, 1.165) is 54.6 Å². The predicted octanol–water partition coefficient (Wildman–Crippen LogP) is 3.20. The Morgan fingerprint density at radius 3 is 2.75 bits per heavy atom.